The highest BCUT2D eigenvalue weighted by Crippen LogP contribution is 2.18. The van der Waals surface area contributed by atoms with Crippen molar-refractivity contribution in [3.63, 3.8) is 0 Å². The van der Waals surface area contributed by atoms with Gasteiger partial charge in [0.05, 0.1) is 6.10 Å². The summed E-state index contributed by atoms with van der Waals surface area (Å²) in [5.74, 6) is 0. The molecule has 0 aromatic carbocycles. The summed E-state index contributed by atoms with van der Waals surface area (Å²) in [5.41, 5.74) is 6.06. The molecule has 0 aromatic heterocycles. The van der Waals surface area contributed by atoms with Gasteiger partial charge >= 0.3 is 0 Å². The summed E-state index contributed by atoms with van der Waals surface area (Å²) < 4.78 is 5.57. The number of nitrogens with two attached hydrogens (primary N) is 1. The molecular weight excluding hydrogens is 174 g/mol. The fourth-order valence-corrected chi connectivity index (χ4v) is 2.12. The fourth-order valence-electron chi connectivity index (χ4n) is 2.12. The molecule has 2 nitrogen and oxygen atoms in total. The molecule has 2 N–H and O–H groups in total. The summed E-state index contributed by atoms with van der Waals surface area (Å²) in [6, 6.07) is 0.370. The van der Waals surface area contributed by atoms with Crippen LogP contribution in [0.4, 0.5) is 0 Å². The summed E-state index contributed by atoms with van der Waals surface area (Å²) in [5, 5.41) is 0. The fraction of sp³-hybridized carbons (Fsp3) is 1.00. The monoisotopic (exact) mass is 199 g/mol. The van der Waals surface area contributed by atoms with Gasteiger partial charge in [0.1, 0.15) is 0 Å². The lowest BCUT2D eigenvalue weighted by Crippen LogP contribution is -2.25. The highest BCUT2D eigenvalue weighted by molar-refractivity contribution is 4.72. The quantitative estimate of drug-likeness (QED) is 0.640. The van der Waals surface area contributed by atoms with E-state index in [1.807, 2.05) is 0 Å². The minimum Gasteiger partial charge on any atom is -0.378 e. The third kappa shape index (κ3) is 4.97. The number of hydrogen-bond acceptors (Lipinski definition) is 2. The Labute approximate surface area is 88.2 Å². The van der Waals surface area contributed by atoms with Crippen molar-refractivity contribution < 1.29 is 4.74 Å². The van der Waals surface area contributed by atoms with Gasteiger partial charge in [0, 0.05) is 12.6 Å². The standard InChI is InChI=1S/C12H25NO/c1-2-3-4-5-7-11(13)10-12-8-6-9-14-12/h11-12H,2-10,13H2,1H3. The number of unbranched alkanes of at least 4 members (excludes halogenated alkanes) is 3. The second kappa shape index (κ2) is 7.24. The Hall–Kier alpha value is -0.0800. The van der Waals surface area contributed by atoms with Gasteiger partial charge in [-0.3, -0.25) is 0 Å². The predicted molar refractivity (Wildman–Crippen MR) is 60.3 cm³/mol. The van der Waals surface area contributed by atoms with Crippen LogP contribution in [0.3, 0.4) is 0 Å². The molecule has 2 heteroatoms. The van der Waals surface area contributed by atoms with Crippen molar-refractivity contribution in [1.29, 1.82) is 0 Å². The van der Waals surface area contributed by atoms with E-state index in [4.69, 9.17) is 10.5 Å². The van der Waals surface area contributed by atoms with Gasteiger partial charge in [-0.25, -0.2) is 0 Å². The van der Waals surface area contributed by atoms with Crippen LogP contribution in [0, 0.1) is 0 Å². The van der Waals surface area contributed by atoms with Crippen LogP contribution in [0.15, 0.2) is 0 Å². The Bertz CT molecular complexity index is 132. The molecule has 14 heavy (non-hydrogen) atoms. The molecule has 1 aliphatic heterocycles. The molecule has 0 radical (unpaired) electrons. The summed E-state index contributed by atoms with van der Waals surface area (Å²) >= 11 is 0. The lowest BCUT2D eigenvalue weighted by Gasteiger charge is -2.15. The van der Waals surface area contributed by atoms with Crippen molar-refractivity contribution in [2.45, 2.75) is 70.4 Å². The summed E-state index contributed by atoms with van der Waals surface area (Å²) in [7, 11) is 0. The molecule has 2 unspecified atom stereocenters. The van der Waals surface area contributed by atoms with Crippen molar-refractivity contribution in [2.75, 3.05) is 6.61 Å². The van der Waals surface area contributed by atoms with Crippen LogP contribution in [0.25, 0.3) is 0 Å². The molecule has 1 aliphatic rings. The van der Waals surface area contributed by atoms with E-state index >= 15 is 0 Å². The first kappa shape index (κ1) is 12.0. The van der Waals surface area contributed by atoms with Crippen molar-refractivity contribution in [3.8, 4) is 0 Å². The van der Waals surface area contributed by atoms with Gasteiger partial charge in [0.15, 0.2) is 0 Å². The van der Waals surface area contributed by atoms with Gasteiger partial charge in [-0.1, -0.05) is 32.6 Å². The Kier molecular flexibility index (Phi) is 6.20. The van der Waals surface area contributed by atoms with E-state index in [0.29, 0.717) is 12.1 Å². The van der Waals surface area contributed by atoms with Crippen LogP contribution in [0.2, 0.25) is 0 Å². The van der Waals surface area contributed by atoms with Gasteiger partial charge in [0.25, 0.3) is 0 Å². The second-order valence-corrected chi connectivity index (χ2v) is 4.48. The molecule has 0 spiro atoms. The van der Waals surface area contributed by atoms with Crippen LogP contribution in [-0.4, -0.2) is 18.8 Å². The Morgan fingerprint density at radius 3 is 2.86 bits per heavy atom. The molecule has 0 saturated carbocycles. The lowest BCUT2D eigenvalue weighted by molar-refractivity contribution is 0.0973. The Morgan fingerprint density at radius 1 is 1.36 bits per heavy atom. The van der Waals surface area contributed by atoms with E-state index in [1.54, 1.807) is 0 Å². The number of rotatable bonds is 7. The average molecular weight is 199 g/mol. The lowest BCUT2D eigenvalue weighted by atomic mass is 10.0. The van der Waals surface area contributed by atoms with Crippen LogP contribution in [-0.2, 0) is 4.74 Å². The van der Waals surface area contributed by atoms with Crippen LogP contribution in [0.5, 0.6) is 0 Å². The van der Waals surface area contributed by atoms with Crippen molar-refractivity contribution in [3.05, 3.63) is 0 Å². The van der Waals surface area contributed by atoms with Gasteiger partial charge in [-0.2, -0.15) is 0 Å². The molecule has 1 heterocycles. The maximum Gasteiger partial charge on any atom is 0.0590 e. The highest BCUT2D eigenvalue weighted by Gasteiger charge is 2.18. The molecule has 1 fully saturated rings. The maximum absolute atomic E-state index is 6.06. The zero-order valence-corrected chi connectivity index (χ0v) is 9.50. The molecule has 0 amide bonds. The summed E-state index contributed by atoms with van der Waals surface area (Å²) in [6.07, 6.45) is 10.5. The first-order valence-corrected chi connectivity index (χ1v) is 6.20. The van der Waals surface area contributed by atoms with Gasteiger partial charge in [-0.05, 0) is 25.7 Å². The zero-order valence-electron chi connectivity index (χ0n) is 9.50. The van der Waals surface area contributed by atoms with Crippen LogP contribution < -0.4 is 5.73 Å². The molecule has 0 aliphatic carbocycles. The van der Waals surface area contributed by atoms with E-state index in [-0.39, 0.29) is 0 Å². The zero-order chi connectivity index (χ0) is 10.2. The summed E-state index contributed by atoms with van der Waals surface area (Å²) in [6.45, 7) is 3.19. The Balaban J connectivity index is 1.95. The summed E-state index contributed by atoms with van der Waals surface area (Å²) in [4.78, 5) is 0. The van der Waals surface area contributed by atoms with E-state index in [9.17, 15) is 0 Å². The van der Waals surface area contributed by atoms with Crippen LogP contribution in [0.1, 0.15) is 58.3 Å². The van der Waals surface area contributed by atoms with E-state index in [0.717, 1.165) is 13.0 Å². The third-order valence-electron chi connectivity index (χ3n) is 3.02. The van der Waals surface area contributed by atoms with E-state index in [1.165, 1.54) is 44.9 Å². The number of hydrogen-bond donors (Lipinski definition) is 1. The first-order chi connectivity index (χ1) is 6.83. The SMILES string of the molecule is CCCCCCC(N)CC1CCCO1. The van der Waals surface area contributed by atoms with Gasteiger partial charge < -0.3 is 10.5 Å². The largest absolute Gasteiger partial charge is 0.378 e. The molecule has 84 valence electrons. The second-order valence-electron chi connectivity index (χ2n) is 4.48. The average Bonchev–Trinajstić information content (AvgIpc) is 2.65. The molecule has 0 aromatic rings. The Morgan fingerprint density at radius 2 is 2.21 bits per heavy atom. The van der Waals surface area contributed by atoms with Crippen molar-refractivity contribution >= 4 is 0 Å². The molecule has 1 rings (SSSR count). The maximum atomic E-state index is 6.06. The first-order valence-electron chi connectivity index (χ1n) is 6.20. The van der Waals surface area contributed by atoms with Crippen molar-refractivity contribution in [1.82, 2.24) is 0 Å². The van der Waals surface area contributed by atoms with Gasteiger partial charge in [-0.15, -0.1) is 0 Å². The van der Waals surface area contributed by atoms with Gasteiger partial charge in [0.2, 0.25) is 0 Å². The predicted octanol–water partition coefficient (Wildman–Crippen LogP) is 2.85. The van der Waals surface area contributed by atoms with Crippen molar-refractivity contribution in [2.24, 2.45) is 5.73 Å². The minimum atomic E-state index is 0.370. The smallest absolute Gasteiger partial charge is 0.0590 e. The molecule has 2 atom stereocenters. The van der Waals surface area contributed by atoms with E-state index < -0.39 is 0 Å². The minimum absolute atomic E-state index is 0.370. The molecule has 1 saturated heterocycles. The highest BCUT2D eigenvalue weighted by atomic mass is 16.5. The molecule has 0 bridgehead atoms. The normalized spacial score (nSPS) is 24.0. The third-order valence-corrected chi connectivity index (χ3v) is 3.02. The van der Waals surface area contributed by atoms with E-state index in [2.05, 4.69) is 6.92 Å². The topological polar surface area (TPSA) is 35.2 Å². The number of ether oxygens (including phenoxy) is 1. The molecular formula is C12H25NO. The van der Waals surface area contributed by atoms with Crippen LogP contribution >= 0.6 is 0 Å².